The van der Waals surface area contributed by atoms with Crippen molar-refractivity contribution in [1.82, 2.24) is 20.4 Å². The molecule has 1 saturated heterocycles. The summed E-state index contributed by atoms with van der Waals surface area (Å²) in [4.78, 5) is 23.3. The first-order valence-corrected chi connectivity index (χ1v) is 10.5. The van der Waals surface area contributed by atoms with Gasteiger partial charge in [0.1, 0.15) is 5.82 Å². The summed E-state index contributed by atoms with van der Waals surface area (Å²) in [7, 11) is 0. The number of carbonyl (C=O) groups excluding carboxylic acids is 1. The molecule has 2 aromatic heterocycles. The highest BCUT2D eigenvalue weighted by Gasteiger charge is 2.11. The lowest BCUT2D eigenvalue weighted by molar-refractivity contribution is -0.121. The summed E-state index contributed by atoms with van der Waals surface area (Å²) < 4.78 is 5.19. The van der Waals surface area contributed by atoms with E-state index in [4.69, 9.17) is 4.52 Å². The molecule has 152 valence electrons. The zero-order valence-corrected chi connectivity index (χ0v) is 16.8. The first-order valence-electron chi connectivity index (χ1n) is 10.5. The lowest BCUT2D eigenvalue weighted by atomic mass is 10.2. The molecule has 1 amide bonds. The van der Waals surface area contributed by atoms with Gasteiger partial charge in [0.05, 0.1) is 0 Å². The van der Waals surface area contributed by atoms with E-state index in [0.29, 0.717) is 31.7 Å². The number of aromatic nitrogens is 3. The molecule has 28 heavy (non-hydrogen) atoms. The Morgan fingerprint density at radius 1 is 1.18 bits per heavy atom. The summed E-state index contributed by atoms with van der Waals surface area (Å²) >= 11 is 0. The number of pyridine rings is 1. The van der Waals surface area contributed by atoms with Crippen molar-refractivity contribution in [3.63, 3.8) is 0 Å². The fraction of sp³-hybridized carbons (Fsp3) is 0.619. The van der Waals surface area contributed by atoms with Gasteiger partial charge in [-0.05, 0) is 37.3 Å². The van der Waals surface area contributed by atoms with Gasteiger partial charge in [-0.3, -0.25) is 4.79 Å². The molecule has 1 fully saturated rings. The first kappa shape index (κ1) is 20.3. The Balaban J connectivity index is 1.36. The van der Waals surface area contributed by atoms with Crippen LogP contribution in [0.5, 0.6) is 0 Å². The highest BCUT2D eigenvalue weighted by Crippen LogP contribution is 2.17. The van der Waals surface area contributed by atoms with Crippen molar-refractivity contribution in [1.29, 1.82) is 0 Å². The van der Waals surface area contributed by atoms with Crippen LogP contribution < -0.4 is 10.2 Å². The Morgan fingerprint density at radius 3 is 2.71 bits per heavy atom. The van der Waals surface area contributed by atoms with Gasteiger partial charge in [-0.15, -0.1) is 0 Å². The zero-order chi connectivity index (χ0) is 19.6. The number of carbonyl (C=O) groups is 1. The van der Waals surface area contributed by atoms with Crippen LogP contribution in [0.4, 0.5) is 5.82 Å². The molecule has 3 rings (SSSR count). The summed E-state index contributed by atoms with van der Waals surface area (Å²) in [6, 6.07) is 4.12. The minimum Gasteiger partial charge on any atom is -0.357 e. The fourth-order valence-corrected chi connectivity index (χ4v) is 3.41. The van der Waals surface area contributed by atoms with Crippen molar-refractivity contribution in [3.8, 4) is 0 Å². The summed E-state index contributed by atoms with van der Waals surface area (Å²) in [5.74, 6) is 2.44. The molecule has 3 heterocycles. The molecule has 7 heteroatoms. The molecular weight excluding hydrogens is 354 g/mol. The first-order chi connectivity index (χ1) is 13.7. The predicted octanol–water partition coefficient (Wildman–Crippen LogP) is 3.44. The number of amides is 1. The Morgan fingerprint density at radius 2 is 2.00 bits per heavy atom. The maximum absolute atomic E-state index is 12.1. The van der Waals surface area contributed by atoms with Gasteiger partial charge in [0.25, 0.3) is 0 Å². The topological polar surface area (TPSA) is 84.2 Å². The number of aryl methyl sites for hydroxylation is 2. The van der Waals surface area contributed by atoms with Crippen molar-refractivity contribution >= 4 is 11.7 Å². The van der Waals surface area contributed by atoms with E-state index in [1.165, 1.54) is 25.7 Å². The van der Waals surface area contributed by atoms with E-state index in [1.54, 1.807) is 0 Å². The average molecular weight is 386 g/mol. The SMILES string of the molecule is CCCc1noc(CCCC(=O)NCc2ccc(N3CCCCCC3)nc2)n1. The quantitative estimate of drug-likeness (QED) is 0.712. The van der Waals surface area contributed by atoms with Gasteiger partial charge in [0.2, 0.25) is 11.8 Å². The van der Waals surface area contributed by atoms with Gasteiger partial charge in [-0.1, -0.05) is 31.0 Å². The summed E-state index contributed by atoms with van der Waals surface area (Å²) in [5, 5.41) is 6.89. The highest BCUT2D eigenvalue weighted by atomic mass is 16.5. The average Bonchev–Trinajstić information content (AvgIpc) is 2.98. The van der Waals surface area contributed by atoms with Crippen molar-refractivity contribution in [2.75, 3.05) is 18.0 Å². The predicted molar refractivity (Wildman–Crippen MR) is 108 cm³/mol. The fourth-order valence-electron chi connectivity index (χ4n) is 3.41. The van der Waals surface area contributed by atoms with E-state index in [-0.39, 0.29) is 5.91 Å². The van der Waals surface area contributed by atoms with Crippen molar-refractivity contribution in [2.24, 2.45) is 0 Å². The van der Waals surface area contributed by atoms with Crippen molar-refractivity contribution < 1.29 is 9.32 Å². The van der Waals surface area contributed by atoms with Gasteiger partial charge in [0, 0.05) is 45.1 Å². The van der Waals surface area contributed by atoms with Gasteiger partial charge in [-0.25, -0.2) is 4.98 Å². The third kappa shape index (κ3) is 6.32. The second kappa shape index (κ2) is 10.8. The number of rotatable bonds is 9. The summed E-state index contributed by atoms with van der Waals surface area (Å²) in [6.07, 6.45) is 10.6. The second-order valence-electron chi connectivity index (χ2n) is 7.41. The van der Waals surface area contributed by atoms with E-state index in [2.05, 4.69) is 44.4 Å². The number of hydrogen-bond acceptors (Lipinski definition) is 6. The lowest BCUT2D eigenvalue weighted by Crippen LogP contribution is -2.25. The number of nitrogens with one attached hydrogen (secondary N) is 1. The standard InChI is InChI=1S/C21H31N5O2/c1-2-8-18-24-21(28-25-18)10-7-9-20(27)23-16-17-11-12-19(22-15-17)26-13-5-3-4-6-14-26/h11-12,15H,2-10,13-14,16H2,1H3,(H,23,27). The van der Waals surface area contributed by atoms with Crippen LogP contribution >= 0.6 is 0 Å². The van der Waals surface area contributed by atoms with Crippen LogP contribution in [0.2, 0.25) is 0 Å². The van der Waals surface area contributed by atoms with E-state index in [1.807, 2.05) is 6.20 Å². The van der Waals surface area contributed by atoms with Gasteiger partial charge in [0.15, 0.2) is 5.82 Å². The molecule has 0 aromatic carbocycles. The Labute approximate surface area is 166 Å². The van der Waals surface area contributed by atoms with E-state index >= 15 is 0 Å². The Hall–Kier alpha value is -2.44. The molecule has 0 bridgehead atoms. The van der Waals surface area contributed by atoms with Crippen molar-refractivity contribution in [2.45, 2.75) is 71.3 Å². The third-order valence-corrected chi connectivity index (χ3v) is 5.01. The number of nitrogens with zero attached hydrogens (tertiary/aromatic N) is 4. The molecule has 0 spiro atoms. The normalized spacial score (nSPS) is 14.7. The number of anilines is 1. The lowest BCUT2D eigenvalue weighted by Gasteiger charge is -2.21. The minimum atomic E-state index is 0.0323. The van der Waals surface area contributed by atoms with Gasteiger partial charge in [-0.2, -0.15) is 4.98 Å². The van der Waals surface area contributed by atoms with Crippen LogP contribution in [0.25, 0.3) is 0 Å². The summed E-state index contributed by atoms with van der Waals surface area (Å²) in [6.45, 7) is 4.76. The van der Waals surface area contributed by atoms with E-state index in [0.717, 1.165) is 43.1 Å². The molecule has 0 radical (unpaired) electrons. The largest absolute Gasteiger partial charge is 0.357 e. The highest BCUT2D eigenvalue weighted by molar-refractivity contribution is 5.75. The molecule has 7 nitrogen and oxygen atoms in total. The minimum absolute atomic E-state index is 0.0323. The van der Waals surface area contributed by atoms with Crippen LogP contribution in [0.3, 0.4) is 0 Å². The van der Waals surface area contributed by atoms with Gasteiger partial charge < -0.3 is 14.7 Å². The third-order valence-electron chi connectivity index (χ3n) is 5.01. The molecule has 0 saturated carbocycles. The Bertz CT molecular complexity index is 721. The second-order valence-corrected chi connectivity index (χ2v) is 7.41. The molecule has 2 aromatic rings. The molecule has 1 N–H and O–H groups in total. The molecule has 0 atom stereocenters. The van der Waals surface area contributed by atoms with Crippen LogP contribution in [0.15, 0.2) is 22.9 Å². The molecule has 1 aliphatic rings. The van der Waals surface area contributed by atoms with Crippen LogP contribution in [0, 0.1) is 0 Å². The zero-order valence-electron chi connectivity index (χ0n) is 16.8. The van der Waals surface area contributed by atoms with Crippen LogP contribution in [-0.2, 0) is 24.2 Å². The maximum Gasteiger partial charge on any atom is 0.226 e. The molecule has 0 aliphatic carbocycles. The maximum atomic E-state index is 12.1. The molecule has 1 aliphatic heterocycles. The smallest absolute Gasteiger partial charge is 0.226 e. The van der Waals surface area contributed by atoms with E-state index in [9.17, 15) is 4.79 Å². The molecule has 0 unspecified atom stereocenters. The van der Waals surface area contributed by atoms with Crippen LogP contribution in [0.1, 0.15) is 69.1 Å². The monoisotopic (exact) mass is 385 g/mol. The molecular formula is C21H31N5O2. The summed E-state index contributed by atoms with van der Waals surface area (Å²) in [5.41, 5.74) is 1.02. The Kier molecular flexibility index (Phi) is 7.82. The number of hydrogen-bond donors (Lipinski definition) is 1. The van der Waals surface area contributed by atoms with Crippen molar-refractivity contribution in [3.05, 3.63) is 35.6 Å². The van der Waals surface area contributed by atoms with Crippen LogP contribution in [-0.4, -0.2) is 34.1 Å². The van der Waals surface area contributed by atoms with Gasteiger partial charge >= 0.3 is 0 Å². The van der Waals surface area contributed by atoms with E-state index < -0.39 is 0 Å².